The Balaban J connectivity index is 1.49. The van der Waals surface area contributed by atoms with Gasteiger partial charge in [-0.05, 0) is 73.0 Å². The van der Waals surface area contributed by atoms with Crippen LogP contribution >= 0.6 is 23.2 Å². The van der Waals surface area contributed by atoms with E-state index >= 15 is 0 Å². The van der Waals surface area contributed by atoms with E-state index in [1.807, 2.05) is 45.2 Å². The summed E-state index contributed by atoms with van der Waals surface area (Å²) < 4.78 is 7.84. The third kappa shape index (κ3) is 5.45. The summed E-state index contributed by atoms with van der Waals surface area (Å²) in [5.41, 5.74) is 5.73. The molecular formula is C27H25Cl2N3O3. The summed E-state index contributed by atoms with van der Waals surface area (Å²) in [6.07, 6.45) is 1.76. The Kier molecular flexibility index (Phi) is 7.34. The Labute approximate surface area is 214 Å². The van der Waals surface area contributed by atoms with Crippen LogP contribution in [0.1, 0.15) is 32.7 Å². The molecule has 0 unspecified atom stereocenters. The lowest BCUT2D eigenvalue weighted by atomic mass is 10.1. The van der Waals surface area contributed by atoms with Gasteiger partial charge in [-0.25, -0.2) is 9.48 Å². The lowest BCUT2D eigenvalue weighted by Gasteiger charge is -2.22. The summed E-state index contributed by atoms with van der Waals surface area (Å²) in [5, 5.41) is 14.7. The van der Waals surface area contributed by atoms with Crippen molar-refractivity contribution in [1.82, 2.24) is 9.78 Å². The van der Waals surface area contributed by atoms with Gasteiger partial charge in [-0.2, -0.15) is 5.10 Å². The van der Waals surface area contributed by atoms with Crippen molar-refractivity contribution in [2.24, 2.45) is 0 Å². The van der Waals surface area contributed by atoms with Crippen molar-refractivity contribution in [3.63, 3.8) is 0 Å². The summed E-state index contributed by atoms with van der Waals surface area (Å²) in [7, 11) is 1.98. The van der Waals surface area contributed by atoms with Gasteiger partial charge >= 0.3 is 5.97 Å². The average Bonchev–Trinajstić information content (AvgIpc) is 3.17. The van der Waals surface area contributed by atoms with Crippen LogP contribution in [-0.4, -0.2) is 27.9 Å². The Morgan fingerprint density at radius 3 is 2.43 bits per heavy atom. The van der Waals surface area contributed by atoms with Crippen LogP contribution in [0.4, 0.5) is 5.69 Å². The zero-order chi connectivity index (χ0) is 25.1. The van der Waals surface area contributed by atoms with E-state index in [4.69, 9.17) is 27.9 Å². The molecule has 3 aromatic carbocycles. The second-order valence-corrected chi connectivity index (χ2v) is 9.17. The van der Waals surface area contributed by atoms with Gasteiger partial charge in [0.05, 0.1) is 27.5 Å². The van der Waals surface area contributed by atoms with Crippen LogP contribution < -0.4 is 9.64 Å². The maximum atomic E-state index is 11.3. The van der Waals surface area contributed by atoms with Gasteiger partial charge in [-0.3, -0.25) is 0 Å². The Hall–Kier alpha value is -3.48. The van der Waals surface area contributed by atoms with Crippen LogP contribution in [-0.2, 0) is 13.2 Å². The van der Waals surface area contributed by atoms with Crippen molar-refractivity contribution < 1.29 is 14.6 Å². The molecule has 0 atom stereocenters. The fourth-order valence-corrected chi connectivity index (χ4v) is 4.53. The number of benzene rings is 3. The maximum Gasteiger partial charge on any atom is 0.335 e. The van der Waals surface area contributed by atoms with Crippen LogP contribution in [0.3, 0.4) is 0 Å². The standard InChI is InChI=1S/C27H25Cl2N3O3/c1-17-12-21(10-11-24(17)31(3)15-19-6-4-7-20(13-19)27(33)34)35-16-25-18(2)14-30-32(25)26-22(28)8-5-9-23(26)29/h4-14H,15-16H2,1-3H3,(H,33,34). The molecule has 1 heterocycles. The zero-order valence-corrected chi connectivity index (χ0v) is 21.1. The van der Waals surface area contributed by atoms with Gasteiger partial charge in [0.2, 0.25) is 0 Å². The molecule has 0 amide bonds. The molecule has 4 rings (SSSR count). The predicted octanol–water partition coefficient (Wildman–Crippen LogP) is 6.71. The lowest BCUT2D eigenvalue weighted by Crippen LogP contribution is -2.17. The van der Waals surface area contributed by atoms with Gasteiger partial charge in [0.15, 0.2) is 0 Å². The number of aryl methyl sites for hydroxylation is 2. The van der Waals surface area contributed by atoms with Crippen LogP contribution in [0, 0.1) is 13.8 Å². The normalized spacial score (nSPS) is 10.9. The van der Waals surface area contributed by atoms with E-state index in [1.165, 1.54) is 0 Å². The minimum atomic E-state index is -0.930. The first-order chi connectivity index (χ1) is 16.7. The van der Waals surface area contributed by atoms with E-state index in [0.29, 0.717) is 28.9 Å². The van der Waals surface area contributed by atoms with Gasteiger partial charge in [0.1, 0.15) is 18.0 Å². The fourth-order valence-electron chi connectivity index (χ4n) is 3.97. The quantitative estimate of drug-likeness (QED) is 0.285. The monoisotopic (exact) mass is 509 g/mol. The van der Waals surface area contributed by atoms with Crippen LogP contribution in [0.25, 0.3) is 5.69 Å². The number of rotatable bonds is 8. The van der Waals surface area contributed by atoms with Gasteiger partial charge in [0, 0.05) is 19.3 Å². The van der Waals surface area contributed by atoms with Crippen LogP contribution in [0.2, 0.25) is 10.0 Å². The second kappa shape index (κ2) is 10.4. The highest BCUT2D eigenvalue weighted by Crippen LogP contribution is 2.31. The Morgan fingerprint density at radius 2 is 1.74 bits per heavy atom. The smallest absolute Gasteiger partial charge is 0.335 e. The molecule has 0 spiro atoms. The van der Waals surface area contributed by atoms with Crippen molar-refractivity contribution >= 4 is 34.9 Å². The number of carboxylic acid groups (broad SMARTS) is 1. The van der Waals surface area contributed by atoms with E-state index in [2.05, 4.69) is 10.00 Å². The molecule has 6 nitrogen and oxygen atoms in total. The molecule has 8 heteroatoms. The third-order valence-electron chi connectivity index (χ3n) is 5.78. The van der Waals surface area contributed by atoms with Gasteiger partial charge < -0.3 is 14.7 Å². The molecule has 0 radical (unpaired) electrons. The van der Waals surface area contributed by atoms with E-state index in [-0.39, 0.29) is 5.56 Å². The number of ether oxygens (including phenoxy) is 1. The summed E-state index contributed by atoms with van der Waals surface area (Å²) in [6.45, 7) is 4.87. The molecule has 0 aliphatic rings. The second-order valence-electron chi connectivity index (χ2n) is 8.35. The summed E-state index contributed by atoms with van der Waals surface area (Å²) in [4.78, 5) is 13.3. The molecule has 0 saturated heterocycles. The van der Waals surface area contributed by atoms with E-state index in [1.54, 1.807) is 47.3 Å². The number of aromatic carboxylic acids is 1. The number of para-hydroxylation sites is 1. The molecule has 0 fully saturated rings. The number of aromatic nitrogens is 2. The molecule has 0 bridgehead atoms. The first kappa shape index (κ1) is 24.6. The molecule has 35 heavy (non-hydrogen) atoms. The predicted molar refractivity (Wildman–Crippen MR) is 139 cm³/mol. The minimum Gasteiger partial charge on any atom is -0.487 e. The van der Waals surface area contributed by atoms with E-state index in [0.717, 1.165) is 33.8 Å². The van der Waals surface area contributed by atoms with Gasteiger partial charge in [0.25, 0.3) is 0 Å². The van der Waals surface area contributed by atoms with Crippen molar-refractivity contribution in [1.29, 1.82) is 0 Å². The topological polar surface area (TPSA) is 67.6 Å². The number of hydrogen-bond donors (Lipinski definition) is 1. The van der Waals surface area contributed by atoms with Crippen molar-refractivity contribution in [2.45, 2.75) is 27.0 Å². The highest BCUT2D eigenvalue weighted by atomic mass is 35.5. The zero-order valence-electron chi connectivity index (χ0n) is 19.6. The molecular weight excluding hydrogens is 485 g/mol. The number of hydrogen-bond acceptors (Lipinski definition) is 4. The molecule has 4 aromatic rings. The number of carbonyl (C=O) groups is 1. The highest BCUT2D eigenvalue weighted by Gasteiger charge is 2.16. The number of carboxylic acids is 1. The lowest BCUT2D eigenvalue weighted by molar-refractivity contribution is 0.0696. The SMILES string of the molecule is Cc1cc(OCc2c(C)cnn2-c2c(Cl)cccc2Cl)ccc1N(C)Cc1cccc(C(=O)O)c1. The van der Waals surface area contributed by atoms with Crippen molar-refractivity contribution in [3.8, 4) is 11.4 Å². The van der Waals surface area contributed by atoms with Crippen LogP contribution in [0.15, 0.2) is 66.9 Å². The van der Waals surface area contributed by atoms with Crippen LogP contribution in [0.5, 0.6) is 5.75 Å². The number of halogens is 2. The van der Waals surface area contributed by atoms with Gasteiger partial charge in [-0.1, -0.05) is 41.4 Å². The molecule has 0 saturated carbocycles. The minimum absolute atomic E-state index is 0.281. The summed E-state index contributed by atoms with van der Waals surface area (Å²) >= 11 is 12.8. The van der Waals surface area contributed by atoms with Gasteiger partial charge in [-0.15, -0.1) is 0 Å². The first-order valence-corrected chi connectivity index (χ1v) is 11.7. The van der Waals surface area contributed by atoms with Crippen molar-refractivity contribution in [2.75, 3.05) is 11.9 Å². The summed E-state index contributed by atoms with van der Waals surface area (Å²) in [5.74, 6) is -0.203. The molecule has 0 aliphatic heterocycles. The Bertz CT molecular complexity index is 1360. The fraction of sp³-hybridized carbons (Fsp3) is 0.185. The Morgan fingerprint density at radius 1 is 1.03 bits per heavy atom. The first-order valence-electron chi connectivity index (χ1n) is 11.0. The van der Waals surface area contributed by atoms with E-state index in [9.17, 15) is 9.90 Å². The third-order valence-corrected chi connectivity index (χ3v) is 6.39. The molecule has 180 valence electrons. The van der Waals surface area contributed by atoms with Crippen molar-refractivity contribution in [3.05, 3.63) is 105 Å². The highest BCUT2D eigenvalue weighted by molar-refractivity contribution is 6.37. The molecule has 1 N–H and O–H groups in total. The average molecular weight is 510 g/mol. The molecule has 1 aromatic heterocycles. The molecule has 0 aliphatic carbocycles. The largest absolute Gasteiger partial charge is 0.487 e. The summed E-state index contributed by atoms with van der Waals surface area (Å²) in [6, 6.07) is 18.2. The van der Waals surface area contributed by atoms with E-state index < -0.39 is 5.97 Å². The number of nitrogens with zero attached hydrogens (tertiary/aromatic N) is 3. The maximum absolute atomic E-state index is 11.3. The number of anilines is 1.